The van der Waals surface area contributed by atoms with E-state index in [2.05, 4.69) is 37.4 Å². The van der Waals surface area contributed by atoms with Gasteiger partial charge in [0.2, 0.25) is 11.8 Å². The Hall–Kier alpha value is -3.60. The number of hydrogen-bond acceptors (Lipinski definition) is 10. The maximum atomic E-state index is 14.6. The van der Waals surface area contributed by atoms with Crippen LogP contribution >= 0.6 is 11.3 Å². The molecule has 2 aromatic rings. The number of allylic oxidation sites excluding steroid dienone is 2. The van der Waals surface area contributed by atoms with Crippen molar-refractivity contribution in [2.24, 2.45) is 17.3 Å². The van der Waals surface area contributed by atoms with Gasteiger partial charge >= 0.3 is 11.9 Å². The Kier molecular flexibility index (Phi) is 12.1. The molecule has 1 saturated heterocycles. The molecule has 2 aliphatic carbocycles. The molecule has 2 aromatic heterocycles. The summed E-state index contributed by atoms with van der Waals surface area (Å²) in [6.07, 6.45) is 12.3. The summed E-state index contributed by atoms with van der Waals surface area (Å²) in [4.78, 5) is 67.2. The Bertz CT molecular complexity index is 1710. The molecule has 11 heteroatoms. The highest BCUT2D eigenvalue weighted by Gasteiger charge is 2.61. The summed E-state index contributed by atoms with van der Waals surface area (Å²) in [5.41, 5.74) is 2.48. The van der Waals surface area contributed by atoms with Gasteiger partial charge in [-0.15, -0.1) is 11.3 Å². The van der Waals surface area contributed by atoms with Crippen molar-refractivity contribution in [1.29, 1.82) is 0 Å². The number of esters is 2. The van der Waals surface area contributed by atoms with Crippen LogP contribution in [0.3, 0.4) is 0 Å². The summed E-state index contributed by atoms with van der Waals surface area (Å²) >= 11 is 1.58. The molecule has 0 unspecified atom stereocenters. The number of pyridine rings is 1. The largest absolute Gasteiger partial charge is 0.472 e. The van der Waals surface area contributed by atoms with Gasteiger partial charge in [0.15, 0.2) is 5.78 Å². The number of Topliss-reactive ketones (excluding diaryl/α,β-unsaturated/α-hetero) is 1. The Balaban J connectivity index is 1.32. The van der Waals surface area contributed by atoms with Gasteiger partial charge in [0.25, 0.3) is 0 Å². The zero-order valence-electron chi connectivity index (χ0n) is 32.4. The number of fused-ring (bicyclic) bond motifs is 3. The van der Waals surface area contributed by atoms with Crippen LogP contribution in [0.2, 0.25) is 0 Å². The molecule has 5 atom stereocenters. The van der Waals surface area contributed by atoms with Gasteiger partial charge in [0.1, 0.15) is 22.4 Å². The average Bonchev–Trinajstić information content (AvgIpc) is 3.40. The lowest BCUT2D eigenvalue weighted by atomic mass is 9.91. The van der Waals surface area contributed by atoms with E-state index in [4.69, 9.17) is 24.2 Å². The van der Waals surface area contributed by atoms with Crippen molar-refractivity contribution < 1.29 is 33.4 Å². The highest BCUT2D eigenvalue weighted by Crippen LogP contribution is 2.57. The first-order chi connectivity index (χ1) is 25.3. The predicted molar refractivity (Wildman–Crippen MR) is 204 cm³/mol. The number of thiazole rings is 1. The lowest BCUT2D eigenvalue weighted by Crippen LogP contribution is -2.45. The van der Waals surface area contributed by atoms with Crippen molar-refractivity contribution in [2.45, 2.75) is 149 Å². The van der Waals surface area contributed by atoms with Crippen molar-refractivity contribution >= 4 is 35.0 Å². The van der Waals surface area contributed by atoms with Crippen molar-refractivity contribution in [3.8, 4) is 16.6 Å². The number of nitrogens with zero attached hydrogens (tertiary/aromatic N) is 3. The van der Waals surface area contributed by atoms with Gasteiger partial charge in [-0.3, -0.25) is 19.2 Å². The maximum absolute atomic E-state index is 14.6. The van der Waals surface area contributed by atoms with Crippen LogP contribution in [-0.2, 0) is 41.5 Å². The van der Waals surface area contributed by atoms with Crippen molar-refractivity contribution in [3.63, 3.8) is 0 Å². The molecule has 0 N–H and O–H groups in total. The van der Waals surface area contributed by atoms with E-state index in [1.54, 1.807) is 23.2 Å². The molecular formula is C42H57N3O7S. The first-order valence-electron chi connectivity index (χ1n) is 19.8. The summed E-state index contributed by atoms with van der Waals surface area (Å²) in [5, 5.41) is 2.93. The minimum absolute atomic E-state index is 0.00982. The second-order valence-corrected chi connectivity index (χ2v) is 17.6. The van der Waals surface area contributed by atoms with E-state index in [1.807, 2.05) is 20.8 Å². The fourth-order valence-electron chi connectivity index (χ4n) is 8.19. The van der Waals surface area contributed by atoms with E-state index < -0.39 is 35.0 Å². The number of ketones is 1. The molecular weight excluding hydrogens is 691 g/mol. The molecule has 2 fully saturated rings. The number of carbonyl (C=O) groups excluding carboxylic acids is 4. The van der Waals surface area contributed by atoms with Gasteiger partial charge in [-0.05, 0) is 103 Å². The van der Waals surface area contributed by atoms with Crippen LogP contribution in [0.5, 0.6) is 5.88 Å². The molecule has 0 aromatic carbocycles. The van der Waals surface area contributed by atoms with Crippen LogP contribution < -0.4 is 4.74 Å². The van der Waals surface area contributed by atoms with E-state index in [0.717, 1.165) is 73.3 Å². The molecule has 6 rings (SSSR count). The number of carbonyl (C=O) groups is 4. The zero-order valence-corrected chi connectivity index (χ0v) is 33.2. The molecule has 2 aliphatic heterocycles. The number of hydrogen-bond donors (Lipinski definition) is 0. The van der Waals surface area contributed by atoms with Crippen LogP contribution in [0.4, 0.5) is 0 Å². The monoisotopic (exact) mass is 747 g/mol. The summed E-state index contributed by atoms with van der Waals surface area (Å²) in [5.74, 6) is -1.05. The molecule has 1 saturated carbocycles. The van der Waals surface area contributed by atoms with Gasteiger partial charge in [0, 0.05) is 29.7 Å². The summed E-state index contributed by atoms with van der Waals surface area (Å²) in [6, 6.07) is 1.34. The number of aromatic nitrogens is 2. The smallest absolute Gasteiger partial charge is 0.313 e. The maximum Gasteiger partial charge on any atom is 0.313 e. The zero-order chi connectivity index (χ0) is 37.9. The molecule has 0 bridgehead atoms. The first kappa shape index (κ1) is 39.1. The van der Waals surface area contributed by atoms with E-state index in [1.165, 1.54) is 5.56 Å². The fourth-order valence-corrected chi connectivity index (χ4v) is 9.13. The summed E-state index contributed by atoms with van der Waals surface area (Å²) in [6.45, 7) is 11.9. The third kappa shape index (κ3) is 9.20. The van der Waals surface area contributed by atoms with Gasteiger partial charge in [-0.25, -0.2) is 9.97 Å². The molecule has 4 heterocycles. The van der Waals surface area contributed by atoms with Crippen LogP contribution in [0.25, 0.3) is 10.7 Å². The Labute approximate surface area is 318 Å². The minimum Gasteiger partial charge on any atom is -0.472 e. The highest BCUT2D eigenvalue weighted by molar-refractivity contribution is 7.13. The molecule has 288 valence electrons. The Morgan fingerprint density at radius 2 is 1.87 bits per heavy atom. The number of ether oxygens (including phenoxy) is 3. The standard InChI is InChI=1S/C42H57N3O7S/c1-7-50-40(49)42-22-29(42)17-12-10-8-9-11-16-28(20-36(47)52-41(4,5)6)39(48)45-24-30(21-34(45)35(46)23-42)51-37-31-18-14-13-15-27(31)19-32(43-37)38-44-33(25-53-38)26(2)3/h12,17,19,25-26,28-30,34H,7-11,13-16,18,20-24H2,1-6H3/b17-12-/t28-,29-,30-,34+,42-/m1/s1. The molecule has 10 nitrogen and oxygen atoms in total. The lowest BCUT2D eigenvalue weighted by molar-refractivity contribution is -0.159. The minimum atomic E-state index is -0.926. The lowest BCUT2D eigenvalue weighted by Gasteiger charge is -2.29. The molecule has 53 heavy (non-hydrogen) atoms. The average molecular weight is 748 g/mol. The van der Waals surface area contributed by atoms with Gasteiger partial charge in [0.05, 0.1) is 36.7 Å². The third-order valence-corrected chi connectivity index (χ3v) is 12.0. The molecule has 0 radical (unpaired) electrons. The van der Waals surface area contributed by atoms with E-state index in [-0.39, 0.29) is 56.0 Å². The number of rotatable bonds is 8. The third-order valence-electron chi connectivity index (χ3n) is 11.1. The summed E-state index contributed by atoms with van der Waals surface area (Å²) in [7, 11) is 0. The van der Waals surface area contributed by atoms with Crippen molar-refractivity contribution in [2.75, 3.05) is 13.2 Å². The van der Waals surface area contributed by atoms with Crippen molar-refractivity contribution in [3.05, 3.63) is 40.4 Å². The van der Waals surface area contributed by atoms with Crippen molar-refractivity contribution in [1.82, 2.24) is 14.9 Å². The van der Waals surface area contributed by atoms with Crippen LogP contribution in [0, 0.1) is 17.3 Å². The number of amides is 1. The summed E-state index contributed by atoms with van der Waals surface area (Å²) < 4.78 is 18.0. The molecule has 4 aliphatic rings. The fraction of sp³-hybridized carbons (Fsp3) is 0.667. The van der Waals surface area contributed by atoms with Gasteiger partial charge in [-0.1, -0.05) is 38.8 Å². The van der Waals surface area contributed by atoms with E-state index >= 15 is 0 Å². The normalized spacial score (nSPS) is 27.2. The topological polar surface area (TPSA) is 125 Å². The predicted octanol–water partition coefficient (Wildman–Crippen LogP) is 7.95. The second kappa shape index (κ2) is 16.4. The Morgan fingerprint density at radius 1 is 1.08 bits per heavy atom. The Morgan fingerprint density at radius 3 is 2.60 bits per heavy atom. The highest BCUT2D eigenvalue weighted by atomic mass is 32.1. The van der Waals surface area contributed by atoms with E-state index in [0.29, 0.717) is 24.6 Å². The quantitative estimate of drug-likeness (QED) is 0.195. The molecule has 1 amide bonds. The number of aryl methyl sites for hydroxylation is 1. The van der Waals surface area contributed by atoms with Crippen LogP contribution in [0.1, 0.15) is 135 Å². The second-order valence-electron chi connectivity index (χ2n) is 16.8. The van der Waals surface area contributed by atoms with Crippen LogP contribution in [-0.4, -0.2) is 69.4 Å². The van der Waals surface area contributed by atoms with Crippen LogP contribution in [0.15, 0.2) is 23.6 Å². The first-order valence-corrected chi connectivity index (χ1v) is 20.7. The SMILES string of the molecule is CCOC(=O)[C@]12CC(=O)[C@@H]3C[C@@H](Oc4nc(-c5nc(C(C)C)cs5)cc5c4CCCC5)CN3C(=O)[C@@H](CC(=O)OC(C)(C)C)CCCCC/C=C\[C@@H]1C2. The van der Waals surface area contributed by atoms with E-state index in [9.17, 15) is 19.2 Å². The van der Waals surface area contributed by atoms with Gasteiger partial charge in [-0.2, -0.15) is 0 Å². The molecule has 0 spiro atoms. The van der Waals surface area contributed by atoms with Gasteiger partial charge < -0.3 is 19.1 Å².